The van der Waals surface area contributed by atoms with Gasteiger partial charge in [-0.1, -0.05) is 36.8 Å². The van der Waals surface area contributed by atoms with Crippen LogP contribution in [-0.4, -0.2) is 22.6 Å². The zero-order chi connectivity index (χ0) is 18.1. The van der Waals surface area contributed by atoms with Gasteiger partial charge in [-0.2, -0.15) is 0 Å². The van der Waals surface area contributed by atoms with Crippen LogP contribution < -0.4 is 5.56 Å². The molecule has 1 atom stereocenters. The molecule has 0 spiro atoms. The van der Waals surface area contributed by atoms with Crippen LogP contribution in [0.1, 0.15) is 29.8 Å². The highest BCUT2D eigenvalue weighted by atomic mass is 32.1. The minimum atomic E-state index is -0.666. The molecular weight excluding hydrogens is 336 g/mol. The molecule has 0 amide bonds. The van der Waals surface area contributed by atoms with Gasteiger partial charge in [0, 0.05) is 10.4 Å². The summed E-state index contributed by atoms with van der Waals surface area (Å²) in [7, 11) is 1.33. The molecule has 1 aromatic carbocycles. The highest BCUT2D eigenvalue weighted by Crippen LogP contribution is 2.35. The Kier molecular flexibility index (Phi) is 4.72. The number of fused-ring (bicyclic) bond motifs is 1. The zero-order valence-electron chi connectivity index (χ0n) is 14.7. The molecule has 5 nitrogen and oxygen atoms in total. The first-order valence-electron chi connectivity index (χ1n) is 8.13. The molecule has 0 saturated carbocycles. The lowest BCUT2D eigenvalue weighted by Crippen LogP contribution is -2.30. The number of rotatable bonds is 4. The van der Waals surface area contributed by atoms with E-state index in [2.05, 4.69) is 4.98 Å². The second kappa shape index (κ2) is 6.80. The van der Waals surface area contributed by atoms with Gasteiger partial charge in [-0.25, -0.2) is 9.78 Å². The van der Waals surface area contributed by atoms with Crippen molar-refractivity contribution in [1.29, 1.82) is 0 Å². The first-order chi connectivity index (χ1) is 12.0. The lowest BCUT2D eigenvalue weighted by Gasteiger charge is -2.15. The number of benzene rings is 1. The Labute approximate surface area is 149 Å². The summed E-state index contributed by atoms with van der Waals surface area (Å²) in [5.74, 6) is -0.436. The Morgan fingerprint density at radius 1 is 1.28 bits per heavy atom. The highest BCUT2D eigenvalue weighted by Gasteiger charge is 2.24. The van der Waals surface area contributed by atoms with Crippen LogP contribution in [0.15, 0.2) is 35.4 Å². The average Bonchev–Trinajstić information content (AvgIpc) is 2.95. The topological polar surface area (TPSA) is 61.2 Å². The maximum atomic E-state index is 13.1. The monoisotopic (exact) mass is 356 g/mol. The van der Waals surface area contributed by atoms with Crippen LogP contribution in [0.3, 0.4) is 0 Å². The number of ether oxygens (including phenoxy) is 1. The fourth-order valence-electron chi connectivity index (χ4n) is 3.02. The van der Waals surface area contributed by atoms with Crippen molar-refractivity contribution < 1.29 is 9.53 Å². The summed E-state index contributed by atoms with van der Waals surface area (Å²) in [5.41, 5.74) is 2.83. The van der Waals surface area contributed by atoms with Crippen molar-refractivity contribution in [1.82, 2.24) is 9.55 Å². The third-order valence-corrected chi connectivity index (χ3v) is 5.36. The SMILES string of the molecule is CCC(C(=O)OC)n1cnc2sc(C)c(-c3ccc(C)cc3)c2c1=O. The average molecular weight is 356 g/mol. The van der Waals surface area contributed by atoms with E-state index in [1.54, 1.807) is 0 Å². The Hall–Kier alpha value is -2.47. The van der Waals surface area contributed by atoms with Gasteiger partial charge in [-0.3, -0.25) is 9.36 Å². The second-order valence-electron chi connectivity index (χ2n) is 5.98. The molecule has 25 heavy (non-hydrogen) atoms. The molecule has 0 aliphatic rings. The molecule has 3 rings (SSSR count). The fourth-order valence-corrected chi connectivity index (χ4v) is 4.02. The number of aromatic nitrogens is 2. The van der Waals surface area contributed by atoms with Crippen LogP contribution in [0.2, 0.25) is 0 Å². The lowest BCUT2D eigenvalue weighted by atomic mass is 10.0. The summed E-state index contributed by atoms with van der Waals surface area (Å²) in [6, 6.07) is 7.41. The minimum absolute atomic E-state index is 0.206. The second-order valence-corrected chi connectivity index (χ2v) is 7.19. The maximum Gasteiger partial charge on any atom is 0.329 e. The van der Waals surface area contributed by atoms with E-state index < -0.39 is 12.0 Å². The number of esters is 1. The first kappa shape index (κ1) is 17.4. The molecule has 3 aromatic rings. The van der Waals surface area contributed by atoms with E-state index in [1.165, 1.54) is 29.3 Å². The summed E-state index contributed by atoms with van der Waals surface area (Å²) in [4.78, 5) is 31.3. The van der Waals surface area contributed by atoms with Gasteiger partial charge >= 0.3 is 5.97 Å². The highest BCUT2D eigenvalue weighted by molar-refractivity contribution is 7.19. The standard InChI is InChI=1S/C19H20N2O3S/c1-5-14(19(23)24-4)21-10-20-17-16(18(21)22)15(12(3)25-17)13-8-6-11(2)7-9-13/h6-10,14H,5H2,1-4H3. The number of nitrogens with zero attached hydrogens (tertiary/aromatic N) is 2. The summed E-state index contributed by atoms with van der Waals surface area (Å²) in [6.07, 6.45) is 1.91. The summed E-state index contributed by atoms with van der Waals surface area (Å²) in [6.45, 7) is 5.86. The third-order valence-electron chi connectivity index (χ3n) is 4.35. The van der Waals surface area contributed by atoms with Crippen molar-refractivity contribution in [2.24, 2.45) is 0 Å². The largest absolute Gasteiger partial charge is 0.467 e. The van der Waals surface area contributed by atoms with E-state index in [1.807, 2.05) is 45.0 Å². The van der Waals surface area contributed by atoms with Crippen LogP contribution in [0.5, 0.6) is 0 Å². The Bertz CT molecular complexity index is 986. The van der Waals surface area contributed by atoms with Gasteiger partial charge in [0.15, 0.2) is 0 Å². The van der Waals surface area contributed by atoms with Crippen LogP contribution >= 0.6 is 11.3 Å². The molecule has 0 bridgehead atoms. The number of hydrogen-bond donors (Lipinski definition) is 0. The van der Waals surface area contributed by atoms with Gasteiger partial charge < -0.3 is 4.74 Å². The van der Waals surface area contributed by atoms with E-state index in [0.717, 1.165) is 21.6 Å². The zero-order valence-corrected chi connectivity index (χ0v) is 15.5. The van der Waals surface area contributed by atoms with Crippen LogP contribution in [0.25, 0.3) is 21.3 Å². The Morgan fingerprint density at radius 3 is 2.56 bits per heavy atom. The number of hydrogen-bond acceptors (Lipinski definition) is 5. The van der Waals surface area contributed by atoms with Crippen molar-refractivity contribution >= 4 is 27.5 Å². The molecule has 0 N–H and O–H groups in total. The normalized spacial score (nSPS) is 12.3. The first-order valence-corrected chi connectivity index (χ1v) is 8.94. The summed E-state index contributed by atoms with van der Waals surface area (Å²) in [5, 5.41) is 0.566. The summed E-state index contributed by atoms with van der Waals surface area (Å²) < 4.78 is 6.22. The minimum Gasteiger partial charge on any atom is -0.467 e. The van der Waals surface area contributed by atoms with Gasteiger partial charge in [-0.05, 0) is 25.8 Å². The van der Waals surface area contributed by atoms with Crippen molar-refractivity contribution in [3.05, 3.63) is 51.4 Å². The molecule has 0 aliphatic carbocycles. The molecule has 0 saturated heterocycles. The Balaban J connectivity index is 2.28. The quantitative estimate of drug-likeness (QED) is 0.666. The fraction of sp³-hybridized carbons (Fsp3) is 0.316. The van der Waals surface area contributed by atoms with Gasteiger partial charge in [0.2, 0.25) is 0 Å². The number of aryl methyl sites for hydroxylation is 2. The van der Waals surface area contributed by atoms with E-state index in [9.17, 15) is 9.59 Å². The van der Waals surface area contributed by atoms with Crippen LogP contribution in [0, 0.1) is 13.8 Å². The van der Waals surface area contributed by atoms with Crippen molar-refractivity contribution in [3.63, 3.8) is 0 Å². The predicted molar refractivity (Wildman–Crippen MR) is 100 cm³/mol. The third kappa shape index (κ3) is 2.98. The number of carbonyl (C=O) groups excluding carboxylic acids is 1. The van der Waals surface area contributed by atoms with Crippen molar-refractivity contribution in [3.8, 4) is 11.1 Å². The Morgan fingerprint density at radius 2 is 1.96 bits per heavy atom. The molecule has 130 valence electrons. The molecule has 2 heterocycles. The molecule has 0 radical (unpaired) electrons. The number of methoxy groups -OCH3 is 1. The molecule has 2 aromatic heterocycles. The van der Waals surface area contributed by atoms with Gasteiger partial charge in [0.05, 0.1) is 18.8 Å². The lowest BCUT2D eigenvalue weighted by molar-refractivity contribution is -0.144. The number of carbonyl (C=O) groups is 1. The molecule has 0 fully saturated rings. The molecular formula is C19H20N2O3S. The number of thiophene rings is 1. The maximum absolute atomic E-state index is 13.1. The van der Waals surface area contributed by atoms with Crippen molar-refractivity contribution in [2.45, 2.75) is 33.2 Å². The predicted octanol–water partition coefficient (Wildman–Crippen LogP) is 3.87. The van der Waals surface area contributed by atoms with E-state index in [-0.39, 0.29) is 5.56 Å². The van der Waals surface area contributed by atoms with Crippen molar-refractivity contribution in [2.75, 3.05) is 7.11 Å². The molecule has 0 aliphatic heterocycles. The smallest absolute Gasteiger partial charge is 0.329 e. The van der Waals surface area contributed by atoms with Crippen LogP contribution in [0.4, 0.5) is 0 Å². The van der Waals surface area contributed by atoms with Gasteiger partial charge in [0.25, 0.3) is 5.56 Å². The molecule has 6 heteroatoms. The van der Waals surface area contributed by atoms with Gasteiger partial charge in [0.1, 0.15) is 10.9 Å². The van der Waals surface area contributed by atoms with Gasteiger partial charge in [-0.15, -0.1) is 11.3 Å². The van der Waals surface area contributed by atoms with E-state index in [4.69, 9.17) is 4.74 Å². The van der Waals surface area contributed by atoms with E-state index >= 15 is 0 Å². The van der Waals surface area contributed by atoms with E-state index in [0.29, 0.717) is 16.6 Å². The summed E-state index contributed by atoms with van der Waals surface area (Å²) >= 11 is 1.49. The van der Waals surface area contributed by atoms with Crippen LogP contribution in [-0.2, 0) is 9.53 Å². The molecule has 1 unspecified atom stereocenters.